The minimum Gasteiger partial charge on any atom is -0.496 e. The van der Waals surface area contributed by atoms with E-state index in [4.69, 9.17) is 15.6 Å². The number of carboxylic acid groups (broad SMARTS) is 1. The Kier molecular flexibility index (Phi) is 4.12. The van der Waals surface area contributed by atoms with Crippen LogP contribution in [-0.4, -0.2) is 24.2 Å². The molecule has 0 heterocycles. The molecule has 3 N–H and O–H groups in total. The summed E-state index contributed by atoms with van der Waals surface area (Å²) < 4.78 is 5.15. The molecular formula is C11H15NO3. The van der Waals surface area contributed by atoms with Gasteiger partial charge in [-0.3, -0.25) is 4.79 Å². The maximum atomic E-state index is 10.5. The molecule has 0 aliphatic rings. The van der Waals surface area contributed by atoms with E-state index >= 15 is 0 Å². The van der Waals surface area contributed by atoms with Crippen molar-refractivity contribution in [3.05, 3.63) is 29.8 Å². The maximum absolute atomic E-state index is 10.5. The van der Waals surface area contributed by atoms with E-state index in [0.29, 0.717) is 12.8 Å². The summed E-state index contributed by atoms with van der Waals surface area (Å²) in [6.45, 7) is 0. The summed E-state index contributed by atoms with van der Waals surface area (Å²) in [6.07, 6.45) is 1.02. The molecule has 15 heavy (non-hydrogen) atoms. The zero-order chi connectivity index (χ0) is 11.3. The summed E-state index contributed by atoms with van der Waals surface area (Å²) in [5, 5.41) is 8.63. The van der Waals surface area contributed by atoms with Gasteiger partial charge in [-0.2, -0.15) is 0 Å². The molecule has 82 valence electrons. The number of carboxylic acids is 1. The lowest BCUT2D eigenvalue weighted by atomic mass is 10.1. The number of para-hydroxylation sites is 1. The van der Waals surface area contributed by atoms with Gasteiger partial charge in [-0.15, -0.1) is 0 Å². The second kappa shape index (κ2) is 5.36. The fourth-order valence-corrected chi connectivity index (χ4v) is 1.34. The fourth-order valence-electron chi connectivity index (χ4n) is 1.34. The maximum Gasteiger partial charge on any atom is 0.320 e. The summed E-state index contributed by atoms with van der Waals surface area (Å²) in [5.74, 6) is -0.194. The zero-order valence-electron chi connectivity index (χ0n) is 8.64. The largest absolute Gasteiger partial charge is 0.496 e. The van der Waals surface area contributed by atoms with Gasteiger partial charge >= 0.3 is 5.97 Å². The lowest BCUT2D eigenvalue weighted by molar-refractivity contribution is -0.138. The van der Waals surface area contributed by atoms with Gasteiger partial charge in [0.05, 0.1) is 7.11 Å². The molecular weight excluding hydrogens is 194 g/mol. The van der Waals surface area contributed by atoms with Crippen molar-refractivity contribution in [2.75, 3.05) is 7.11 Å². The van der Waals surface area contributed by atoms with Crippen molar-refractivity contribution < 1.29 is 14.6 Å². The number of carbonyl (C=O) groups is 1. The second-order valence-electron chi connectivity index (χ2n) is 3.30. The second-order valence-corrected chi connectivity index (χ2v) is 3.30. The predicted octanol–water partition coefficient (Wildman–Crippen LogP) is 1.04. The SMILES string of the molecule is COc1ccccc1CCC(N)C(=O)O. The van der Waals surface area contributed by atoms with Crippen LogP contribution in [0.5, 0.6) is 5.75 Å². The van der Waals surface area contributed by atoms with Crippen LogP contribution in [0.2, 0.25) is 0 Å². The summed E-state index contributed by atoms with van der Waals surface area (Å²) in [5.41, 5.74) is 6.40. The van der Waals surface area contributed by atoms with Gasteiger partial charge in [0.1, 0.15) is 11.8 Å². The first-order chi connectivity index (χ1) is 7.15. The molecule has 4 nitrogen and oxygen atoms in total. The van der Waals surface area contributed by atoms with Crippen LogP contribution in [0.4, 0.5) is 0 Å². The molecule has 0 fully saturated rings. The van der Waals surface area contributed by atoms with E-state index in [-0.39, 0.29) is 0 Å². The molecule has 1 rings (SSSR count). The van der Waals surface area contributed by atoms with E-state index in [1.807, 2.05) is 24.3 Å². The third kappa shape index (κ3) is 3.25. The molecule has 0 aromatic heterocycles. The Bertz CT molecular complexity index is 338. The molecule has 0 amide bonds. The van der Waals surface area contributed by atoms with Gasteiger partial charge in [0.15, 0.2) is 0 Å². The number of methoxy groups -OCH3 is 1. The van der Waals surface area contributed by atoms with Gasteiger partial charge in [-0.1, -0.05) is 18.2 Å². The van der Waals surface area contributed by atoms with Crippen molar-refractivity contribution in [1.29, 1.82) is 0 Å². The number of rotatable bonds is 5. The summed E-state index contributed by atoms with van der Waals surface area (Å²) in [4.78, 5) is 10.5. The lowest BCUT2D eigenvalue weighted by Gasteiger charge is -2.09. The van der Waals surface area contributed by atoms with Gasteiger partial charge < -0.3 is 15.6 Å². The highest BCUT2D eigenvalue weighted by Gasteiger charge is 2.12. The molecule has 1 aromatic rings. The third-order valence-electron chi connectivity index (χ3n) is 2.23. The lowest BCUT2D eigenvalue weighted by Crippen LogP contribution is -2.30. The Morgan fingerprint density at radius 2 is 2.20 bits per heavy atom. The van der Waals surface area contributed by atoms with E-state index in [1.54, 1.807) is 7.11 Å². The van der Waals surface area contributed by atoms with Crippen molar-refractivity contribution in [2.24, 2.45) is 5.73 Å². The molecule has 4 heteroatoms. The van der Waals surface area contributed by atoms with Gasteiger partial charge in [0.2, 0.25) is 0 Å². The summed E-state index contributed by atoms with van der Waals surface area (Å²) >= 11 is 0. The molecule has 1 unspecified atom stereocenters. The van der Waals surface area contributed by atoms with Crippen molar-refractivity contribution in [2.45, 2.75) is 18.9 Å². The van der Waals surface area contributed by atoms with Crippen LogP contribution in [-0.2, 0) is 11.2 Å². The minimum absolute atomic E-state index is 0.412. The fraction of sp³-hybridized carbons (Fsp3) is 0.364. The smallest absolute Gasteiger partial charge is 0.320 e. The highest BCUT2D eigenvalue weighted by molar-refractivity contribution is 5.73. The van der Waals surface area contributed by atoms with E-state index in [0.717, 1.165) is 11.3 Å². The first kappa shape index (κ1) is 11.5. The average Bonchev–Trinajstić information content (AvgIpc) is 2.26. The molecule has 0 aliphatic carbocycles. The molecule has 0 bridgehead atoms. The zero-order valence-corrected chi connectivity index (χ0v) is 8.64. The molecule has 1 atom stereocenters. The van der Waals surface area contributed by atoms with Gasteiger partial charge in [0, 0.05) is 0 Å². The van der Waals surface area contributed by atoms with Crippen LogP contribution in [0.25, 0.3) is 0 Å². The Hall–Kier alpha value is -1.55. The van der Waals surface area contributed by atoms with Crippen LogP contribution >= 0.6 is 0 Å². The average molecular weight is 209 g/mol. The summed E-state index contributed by atoms with van der Waals surface area (Å²) in [6, 6.07) is 6.72. The quantitative estimate of drug-likeness (QED) is 0.760. The normalized spacial score (nSPS) is 12.1. The monoisotopic (exact) mass is 209 g/mol. The van der Waals surface area contributed by atoms with Crippen molar-refractivity contribution >= 4 is 5.97 Å². The Labute approximate surface area is 88.7 Å². The highest BCUT2D eigenvalue weighted by atomic mass is 16.5. The molecule has 0 aliphatic heterocycles. The Morgan fingerprint density at radius 1 is 1.53 bits per heavy atom. The van der Waals surface area contributed by atoms with E-state index < -0.39 is 12.0 Å². The number of hydrogen-bond donors (Lipinski definition) is 2. The number of benzene rings is 1. The highest BCUT2D eigenvalue weighted by Crippen LogP contribution is 2.19. The molecule has 0 spiro atoms. The van der Waals surface area contributed by atoms with Crippen LogP contribution < -0.4 is 10.5 Å². The van der Waals surface area contributed by atoms with Crippen molar-refractivity contribution in [3.63, 3.8) is 0 Å². The number of aliphatic carboxylic acids is 1. The van der Waals surface area contributed by atoms with Crippen molar-refractivity contribution in [1.82, 2.24) is 0 Å². The van der Waals surface area contributed by atoms with Gasteiger partial charge in [-0.05, 0) is 24.5 Å². The van der Waals surface area contributed by atoms with Crippen molar-refractivity contribution in [3.8, 4) is 5.75 Å². The molecule has 0 saturated heterocycles. The van der Waals surface area contributed by atoms with E-state index in [9.17, 15) is 4.79 Å². The van der Waals surface area contributed by atoms with Gasteiger partial charge in [-0.25, -0.2) is 0 Å². The molecule has 0 radical (unpaired) electrons. The first-order valence-corrected chi connectivity index (χ1v) is 4.75. The third-order valence-corrected chi connectivity index (χ3v) is 2.23. The van der Waals surface area contributed by atoms with Crippen LogP contribution in [0.3, 0.4) is 0 Å². The Balaban J connectivity index is 2.60. The predicted molar refractivity (Wildman–Crippen MR) is 56.9 cm³/mol. The van der Waals surface area contributed by atoms with Crippen LogP contribution in [0, 0.1) is 0 Å². The van der Waals surface area contributed by atoms with Crippen LogP contribution in [0.15, 0.2) is 24.3 Å². The van der Waals surface area contributed by atoms with Gasteiger partial charge in [0.25, 0.3) is 0 Å². The van der Waals surface area contributed by atoms with E-state index in [1.165, 1.54) is 0 Å². The first-order valence-electron chi connectivity index (χ1n) is 4.75. The standard InChI is InChI=1S/C11H15NO3/c1-15-10-5-3-2-4-8(10)6-7-9(12)11(13)14/h2-5,9H,6-7,12H2,1H3,(H,13,14). The molecule has 1 aromatic carbocycles. The van der Waals surface area contributed by atoms with E-state index in [2.05, 4.69) is 0 Å². The number of aryl methyl sites for hydroxylation is 1. The topological polar surface area (TPSA) is 72.5 Å². The van der Waals surface area contributed by atoms with Crippen LogP contribution in [0.1, 0.15) is 12.0 Å². The Morgan fingerprint density at radius 3 is 2.80 bits per heavy atom. The number of hydrogen-bond acceptors (Lipinski definition) is 3. The molecule has 0 saturated carbocycles. The summed E-state index contributed by atoms with van der Waals surface area (Å²) in [7, 11) is 1.59. The number of ether oxygens (including phenoxy) is 1. The minimum atomic E-state index is -0.968. The number of nitrogens with two attached hydrogens (primary N) is 1.